The van der Waals surface area contributed by atoms with E-state index in [1.54, 1.807) is 0 Å². The van der Waals surface area contributed by atoms with Gasteiger partial charge >= 0.3 is 0 Å². The van der Waals surface area contributed by atoms with Gasteiger partial charge in [0.2, 0.25) is 0 Å². The topological polar surface area (TPSA) is 21.3 Å². The van der Waals surface area contributed by atoms with Crippen LogP contribution in [0, 0.1) is 17.5 Å². The van der Waals surface area contributed by atoms with Crippen molar-refractivity contribution in [2.75, 3.05) is 11.9 Å². The van der Waals surface area contributed by atoms with Crippen LogP contribution in [0.4, 0.5) is 18.9 Å². The molecule has 2 atom stereocenters. The minimum absolute atomic E-state index is 0.0480. The van der Waals surface area contributed by atoms with Gasteiger partial charge in [-0.25, -0.2) is 13.2 Å². The first kappa shape index (κ1) is 12.2. The van der Waals surface area contributed by atoms with Crippen molar-refractivity contribution in [1.82, 2.24) is 0 Å². The molecular formula is C12H14F3NO. The van der Waals surface area contributed by atoms with Crippen molar-refractivity contribution in [3.63, 3.8) is 0 Å². The fourth-order valence-corrected chi connectivity index (χ4v) is 2.01. The Labute approximate surface area is 97.8 Å². The average Bonchev–Trinajstić information content (AvgIpc) is 2.23. The Kier molecular flexibility index (Phi) is 3.57. The van der Waals surface area contributed by atoms with Crippen LogP contribution >= 0.6 is 0 Å². The molecule has 2 rings (SSSR count). The standard InChI is InChI=1S/C12H14F3NO/c1-7-4-9(2-3-17-7)16-12-10(14)5-8(13)6-11(12)15/h5-7,9,16H,2-4H2,1H3. The van der Waals surface area contributed by atoms with Crippen LogP contribution < -0.4 is 5.32 Å². The lowest BCUT2D eigenvalue weighted by molar-refractivity contribution is 0.0231. The SMILES string of the molecule is CC1CC(Nc2c(F)cc(F)cc2F)CCO1. The lowest BCUT2D eigenvalue weighted by Gasteiger charge is -2.28. The van der Waals surface area contributed by atoms with E-state index in [0.717, 1.165) is 0 Å². The van der Waals surface area contributed by atoms with Gasteiger partial charge in [0.15, 0.2) is 11.6 Å². The van der Waals surface area contributed by atoms with Crippen LogP contribution in [0.3, 0.4) is 0 Å². The highest BCUT2D eigenvalue weighted by atomic mass is 19.1. The Hall–Kier alpha value is -1.23. The second-order valence-corrected chi connectivity index (χ2v) is 4.29. The summed E-state index contributed by atoms with van der Waals surface area (Å²) in [5.74, 6) is -2.71. The number of anilines is 1. The van der Waals surface area contributed by atoms with E-state index in [-0.39, 0.29) is 17.8 Å². The molecule has 2 unspecified atom stereocenters. The molecule has 1 saturated heterocycles. The number of ether oxygens (including phenoxy) is 1. The molecule has 1 fully saturated rings. The van der Waals surface area contributed by atoms with E-state index in [4.69, 9.17) is 4.74 Å². The predicted octanol–water partition coefficient (Wildman–Crippen LogP) is 3.08. The Bertz CT molecular complexity index is 388. The van der Waals surface area contributed by atoms with Gasteiger partial charge in [-0.05, 0) is 19.8 Å². The van der Waals surface area contributed by atoms with E-state index in [9.17, 15) is 13.2 Å². The zero-order chi connectivity index (χ0) is 12.4. The van der Waals surface area contributed by atoms with Gasteiger partial charge in [0.05, 0.1) is 6.10 Å². The van der Waals surface area contributed by atoms with Crippen LogP contribution in [-0.2, 0) is 4.74 Å². The number of hydrogen-bond donors (Lipinski definition) is 1. The Morgan fingerprint density at radius 3 is 2.47 bits per heavy atom. The van der Waals surface area contributed by atoms with Crippen molar-refractivity contribution in [2.45, 2.75) is 31.9 Å². The van der Waals surface area contributed by atoms with Crippen molar-refractivity contribution in [3.05, 3.63) is 29.6 Å². The van der Waals surface area contributed by atoms with Crippen LogP contribution in [0.15, 0.2) is 12.1 Å². The van der Waals surface area contributed by atoms with Gasteiger partial charge in [-0.2, -0.15) is 0 Å². The number of nitrogens with one attached hydrogen (secondary N) is 1. The smallest absolute Gasteiger partial charge is 0.152 e. The third-order valence-corrected chi connectivity index (χ3v) is 2.84. The lowest BCUT2D eigenvalue weighted by Crippen LogP contribution is -2.33. The molecule has 1 aromatic rings. The van der Waals surface area contributed by atoms with Crippen molar-refractivity contribution in [2.24, 2.45) is 0 Å². The second-order valence-electron chi connectivity index (χ2n) is 4.29. The number of halogens is 3. The van der Waals surface area contributed by atoms with E-state index < -0.39 is 17.5 Å². The molecule has 0 aromatic heterocycles. The van der Waals surface area contributed by atoms with Gasteiger partial charge in [-0.15, -0.1) is 0 Å². The molecule has 0 spiro atoms. The molecule has 1 N–H and O–H groups in total. The maximum atomic E-state index is 13.4. The van der Waals surface area contributed by atoms with E-state index >= 15 is 0 Å². The quantitative estimate of drug-likeness (QED) is 0.864. The summed E-state index contributed by atoms with van der Waals surface area (Å²) in [4.78, 5) is 0. The Balaban J connectivity index is 2.12. The summed E-state index contributed by atoms with van der Waals surface area (Å²) in [6.45, 7) is 2.47. The second kappa shape index (κ2) is 4.96. The van der Waals surface area contributed by atoms with Gasteiger partial charge < -0.3 is 10.1 Å². The van der Waals surface area contributed by atoms with Gasteiger partial charge in [-0.3, -0.25) is 0 Å². The van der Waals surface area contributed by atoms with Crippen molar-refractivity contribution in [1.29, 1.82) is 0 Å². The Morgan fingerprint density at radius 2 is 1.88 bits per heavy atom. The fourth-order valence-electron chi connectivity index (χ4n) is 2.01. The number of benzene rings is 1. The van der Waals surface area contributed by atoms with E-state index in [0.29, 0.717) is 31.6 Å². The summed E-state index contributed by atoms with van der Waals surface area (Å²) in [5.41, 5.74) is -0.259. The zero-order valence-corrected chi connectivity index (χ0v) is 9.47. The summed E-state index contributed by atoms with van der Waals surface area (Å²) in [5, 5.41) is 2.78. The molecule has 0 radical (unpaired) electrons. The average molecular weight is 245 g/mol. The largest absolute Gasteiger partial charge is 0.378 e. The third-order valence-electron chi connectivity index (χ3n) is 2.84. The molecule has 5 heteroatoms. The molecule has 0 aliphatic carbocycles. The van der Waals surface area contributed by atoms with Gasteiger partial charge in [0.1, 0.15) is 11.5 Å². The van der Waals surface area contributed by atoms with Crippen molar-refractivity contribution >= 4 is 5.69 Å². The maximum absolute atomic E-state index is 13.4. The van der Waals surface area contributed by atoms with Gasteiger partial charge in [-0.1, -0.05) is 0 Å². The highest BCUT2D eigenvalue weighted by molar-refractivity contribution is 5.47. The summed E-state index contributed by atoms with van der Waals surface area (Å²) >= 11 is 0. The van der Waals surface area contributed by atoms with Crippen LogP contribution in [0.1, 0.15) is 19.8 Å². The summed E-state index contributed by atoms with van der Waals surface area (Å²) < 4.78 is 44.8. The molecular weight excluding hydrogens is 231 g/mol. The first-order valence-electron chi connectivity index (χ1n) is 5.59. The molecule has 94 valence electrons. The van der Waals surface area contributed by atoms with Gasteiger partial charge in [0, 0.05) is 24.8 Å². The van der Waals surface area contributed by atoms with Crippen LogP contribution in [-0.4, -0.2) is 18.8 Å². The molecule has 0 bridgehead atoms. The molecule has 0 saturated carbocycles. The normalized spacial score (nSPS) is 24.7. The van der Waals surface area contributed by atoms with Crippen molar-refractivity contribution < 1.29 is 17.9 Å². The third kappa shape index (κ3) is 2.91. The summed E-state index contributed by atoms with van der Waals surface area (Å²) in [7, 11) is 0. The molecule has 1 heterocycles. The zero-order valence-electron chi connectivity index (χ0n) is 9.47. The van der Waals surface area contributed by atoms with E-state index in [2.05, 4.69) is 5.32 Å². The predicted molar refractivity (Wildman–Crippen MR) is 58.4 cm³/mol. The molecule has 0 amide bonds. The summed E-state index contributed by atoms with van der Waals surface area (Å²) in [6, 6.07) is 1.30. The first-order valence-corrected chi connectivity index (χ1v) is 5.59. The van der Waals surface area contributed by atoms with E-state index in [1.807, 2.05) is 6.92 Å². The van der Waals surface area contributed by atoms with Gasteiger partial charge in [0.25, 0.3) is 0 Å². The fraction of sp³-hybridized carbons (Fsp3) is 0.500. The van der Waals surface area contributed by atoms with Crippen LogP contribution in [0.2, 0.25) is 0 Å². The van der Waals surface area contributed by atoms with Crippen LogP contribution in [0.25, 0.3) is 0 Å². The van der Waals surface area contributed by atoms with E-state index in [1.165, 1.54) is 0 Å². The molecule has 1 aliphatic rings. The van der Waals surface area contributed by atoms with Crippen LogP contribution in [0.5, 0.6) is 0 Å². The lowest BCUT2D eigenvalue weighted by atomic mass is 10.0. The molecule has 17 heavy (non-hydrogen) atoms. The highest BCUT2D eigenvalue weighted by Crippen LogP contribution is 2.24. The first-order chi connectivity index (χ1) is 8.06. The highest BCUT2D eigenvalue weighted by Gasteiger charge is 2.21. The minimum atomic E-state index is -0.911. The number of hydrogen-bond acceptors (Lipinski definition) is 2. The molecule has 1 aliphatic heterocycles. The molecule has 2 nitrogen and oxygen atoms in total. The Morgan fingerprint density at radius 1 is 1.24 bits per heavy atom. The monoisotopic (exact) mass is 245 g/mol. The maximum Gasteiger partial charge on any atom is 0.152 e. The van der Waals surface area contributed by atoms with Crippen molar-refractivity contribution in [3.8, 4) is 0 Å². The number of rotatable bonds is 2. The minimum Gasteiger partial charge on any atom is -0.378 e. The summed E-state index contributed by atoms with van der Waals surface area (Å²) in [6.07, 6.45) is 1.42. The molecule has 1 aromatic carbocycles.